The zero-order chi connectivity index (χ0) is 15.4. The van der Waals surface area contributed by atoms with Gasteiger partial charge < -0.3 is 15.0 Å². The van der Waals surface area contributed by atoms with Gasteiger partial charge in [-0.15, -0.1) is 0 Å². The van der Waals surface area contributed by atoms with Gasteiger partial charge in [0.05, 0.1) is 12.2 Å². The number of benzene rings is 2. The zero-order valence-corrected chi connectivity index (χ0v) is 12.7. The maximum Gasteiger partial charge on any atom is 0.251 e. The van der Waals surface area contributed by atoms with Gasteiger partial charge in [0.15, 0.2) is 0 Å². The smallest absolute Gasteiger partial charge is 0.251 e. The number of rotatable bonds is 4. The molecule has 22 heavy (non-hydrogen) atoms. The topological polar surface area (TPSA) is 41.6 Å². The van der Waals surface area contributed by atoms with Crippen LogP contribution in [0.4, 0.5) is 5.69 Å². The summed E-state index contributed by atoms with van der Waals surface area (Å²) in [5, 5.41) is 2.98. The van der Waals surface area contributed by atoms with Gasteiger partial charge in [-0.2, -0.15) is 0 Å². The maximum absolute atomic E-state index is 12.1. The molecule has 1 heterocycles. The monoisotopic (exact) mass is 296 g/mol. The van der Waals surface area contributed by atoms with Crippen molar-refractivity contribution in [3.63, 3.8) is 0 Å². The normalized spacial score (nSPS) is 13.2. The van der Waals surface area contributed by atoms with Crippen LogP contribution in [0.2, 0.25) is 0 Å². The van der Waals surface area contributed by atoms with Crippen LogP contribution in [0.25, 0.3) is 0 Å². The molecule has 0 aliphatic carbocycles. The molecule has 1 amide bonds. The van der Waals surface area contributed by atoms with E-state index in [1.165, 1.54) is 0 Å². The minimum absolute atomic E-state index is 0.0229. The van der Waals surface area contributed by atoms with Gasteiger partial charge in [0.2, 0.25) is 0 Å². The van der Waals surface area contributed by atoms with Crippen LogP contribution >= 0.6 is 0 Å². The molecule has 0 radical (unpaired) electrons. The van der Waals surface area contributed by atoms with E-state index in [9.17, 15) is 4.79 Å². The van der Waals surface area contributed by atoms with E-state index in [1.807, 2.05) is 49.4 Å². The van der Waals surface area contributed by atoms with Crippen LogP contribution in [0.3, 0.4) is 0 Å². The van der Waals surface area contributed by atoms with Crippen LogP contribution in [-0.4, -0.2) is 32.1 Å². The Hall–Kier alpha value is -2.49. The summed E-state index contributed by atoms with van der Waals surface area (Å²) in [7, 11) is 0. The van der Waals surface area contributed by atoms with E-state index in [0.717, 1.165) is 30.1 Å². The number of para-hydroxylation sites is 2. The molecule has 0 aromatic heterocycles. The molecule has 0 saturated carbocycles. The minimum Gasteiger partial charge on any atom is -0.490 e. The third-order valence-corrected chi connectivity index (χ3v) is 3.77. The lowest BCUT2D eigenvalue weighted by atomic mass is 10.1. The molecule has 2 aromatic carbocycles. The molecule has 4 heteroatoms. The predicted molar refractivity (Wildman–Crippen MR) is 87.7 cm³/mol. The molecule has 1 aliphatic rings. The van der Waals surface area contributed by atoms with E-state index < -0.39 is 0 Å². The van der Waals surface area contributed by atoms with E-state index >= 15 is 0 Å². The van der Waals surface area contributed by atoms with E-state index in [2.05, 4.69) is 16.3 Å². The number of ether oxygens (including phenoxy) is 1. The first kappa shape index (κ1) is 14.4. The number of hydrogen-bond acceptors (Lipinski definition) is 3. The number of aryl methyl sites for hydroxylation is 1. The van der Waals surface area contributed by atoms with Crippen molar-refractivity contribution in [1.29, 1.82) is 0 Å². The molecule has 0 saturated heterocycles. The van der Waals surface area contributed by atoms with Gasteiger partial charge in [0, 0.05) is 18.7 Å². The first-order valence-corrected chi connectivity index (χ1v) is 7.56. The Balaban J connectivity index is 1.57. The van der Waals surface area contributed by atoms with Crippen LogP contribution in [0, 0.1) is 6.92 Å². The first-order valence-electron chi connectivity index (χ1n) is 7.56. The van der Waals surface area contributed by atoms with Crippen LogP contribution in [-0.2, 0) is 0 Å². The van der Waals surface area contributed by atoms with Gasteiger partial charge in [-0.05, 0) is 31.2 Å². The van der Waals surface area contributed by atoms with Crippen molar-refractivity contribution in [3.8, 4) is 5.75 Å². The van der Waals surface area contributed by atoms with Crippen molar-refractivity contribution in [1.82, 2.24) is 5.32 Å². The quantitative estimate of drug-likeness (QED) is 0.943. The number of carbonyl (C=O) groups excluding carboxylic acids is 1. The van der Waals surface area contributed by atoms with Gasteiger partial charge in [-0.3, -0.25) is 4.79 Å². The van der Waals surface area contributed by atoms with E-state index in [4.69, 9.17) is 4.74 Å². The molecular weight excluding hydrogens is 276 g/mol. The molecule has 0 atom stereocenters. The fourth-order valence-corrected chi connectivity index (χ4v) is 2.65. The lowest BCUT2D eigenvalue weighted by Crippen LogP contribution is -2.39. The molecule has 3 rings (SSSR count). The summed E-state index contributed by atoms with van der Waals surface area (Å²) in [6.45, 7) is 4.90. The molecule has 1 aliphatic heterocycles. The summed E-state index contributed by atoms with van der Waals surface area (Å²) in [5.41, 5.74) is 2.90. The van der Waals surface area contributed by atoms with Crippen LogP contribution < -0.4 is 15.0 Å². The number of nitrogens with zero attached hydrogens (tertiary/aromatic N) is 1. The van der Waals surface area contributed by atoms with Crippen molar-refractivity contribution >= 4 is 11.6 Å². The van der Waals surface area contributed by atoms with Crippen molar-refractivity contribution in [2.45, 2.75) is 6.92 Å². The van der Waals surface area contributed by atoms with Crippen molar-refractivity contribution in [2.24, 2.45) is 0 Å². The highest BCUT2D eigenvalue weighted by atomic mass is 16.5. The van der Waals surface area contributed by atoms with E-state index in [0.29, 0.717) is 18.7 Å². The van der Waals surface area contributed by atoms with Crippen molar-refractivity contribution in [3.05, 3.63) is 59.7 Å². The second kappa shape index (κ2) is 6.52. The Kier molecular flexibility index (Phi) is 4.28. The van der Waals surface area contributed by atoms with Crippen molar-refractivity contribution in [2.75, 3.05) is 31.1 Å². The van der Waals surface area contributed by atoms with Gasteiger partial charge in [0.25, 0.3) is 5.91 Å². The molecule has 0 bridgehead atoms. The Morgan fingerprint density at radius 2 is 2.09 bits per heavy atom. The molecule has 4 nitrogen and oxygen atoms in total. The predicted octanol–water partition coefficient (Wildman–Crippen LogP) is 2.62. The summed E-state index contributed by atoms with van der Waals surface area (Å²) in [6, 6.07) is 15.6. The number of carbonyl (C=O) groups is 1. The summed E-state index contributed by atoms with van der Waals surface area (Å²) in [5.74, 6) is 0.893. The van der Waals surface area contributed by atoms with Crippen LogP contribution in [0.1, 0.15) is 15.9 Å². The zero-order valence-electron chi connectivity index (χ0n) is 12.7. The summed E-state index contributed by atoms with van der Waals surface area (Å²) >= 11 is 0. The average Bonchev–Trinajstić information content (AvgIpc) is 2.55. The molecule has 0 fully saturated rings. The highest BCUT2D eigenvalue weighted by Gasteiger charge is 2.17. The van der Waals surface area contributed by atoms with Gasteiger partial charge in [0.1, 0.15) is 12.4 Å². The van der Waals surface area contributed by atoms with Crippen LogP contribution in [0.5, 0.6) is 5.75 Å². The second-order valence-corrected chi connectivity index (χ2v) is 5.43. The summed E-state index contributed by atoms with van der Waals surface area (Å²) in [4.78, 5) is 14.4. The standard InChI is InChI=1S/C18H20N2O2/c1-14-5-4-6-15(13-14)18(21)19-9-10-20-11-12-22-17-8-3-2-7-16(17)20/h2-8,13H,9-12H2,1H3,(H,19,21). The fraction of sp³-hybridized carbons (Fsp3) is 0.278. The number of fused-ring (bicyclic) bond motifs is 1. The highest BCUT2D eigenvalue weighted by Crippen LogP contribution is 2.30. The highest BCUT2D eigenvalue weighted by molar-refractivity contribution is 5.94. The molecule has 114 valence electrons. The number of amides is 1. The molecular formula is C18H20N2O2. The van der Waals surface area contributed by atoms with Crippen LogP contribution in [0.15, 0.2) is 48.5 Å². The molecule has 2 aromatic rings. The van der Waals surface area contributed by atoms with E-state index in [1.54, 1.807) is 0 Å². The second-order valence-electron chi connectivity index (χ2n) is 5.43. The van der Waals surface area contributed by atoms with Gasteiger partial charge in [-0.25, -0.2) is 0 Å². The van der Waals surface area contributed by atoms with Gasteiger partial charge in [-0.1, -0.05) is 29.8 Å². The largest absolute Gasteiger partial charge is 0.490 e. The SMILES string of the molecule is Cc1cccc(C(=O)NCCN2CCOc3ccccc32)c1. The number of anilines is 1. The number of hydrogen-bond donors (Lipinski definition) is 1. The number of nitrogens with one attached hydrogen (secondary N) is 1. The van der Waals surface area contributed by atoms with Gasteiger partial charge >= 0.3 is 0 Å². The first-order chi connectivity index (χ1) is 10.7. The Labute approximate surface area is 130 Å². The third-order valence-electron chi connectivity index (χ3n) is 3.77. The molecule has 0 spiro atoms. The average molecular weight is 296 g/mol. The summed E-state index contributed by atoms with van der Waals surface area (Å²) in [6.07, 6.45) is 0. The fourth-order valence-electron chi connectivity index (χ4n) is 2.65. The molecule has 1 N–H and O–H groups in total. The lowest BCUT2D eigenvalue weighted by Gasteiger charge is -2.31. The Morgan fingerprint density at radius 3 is 2.95 bits per heavy atom. The summed E-state index contributed by atoms with van der Waals surface area (Å²) < 4.78 is 5.63. The third kappa shape index (κ3) is 3.22. The Morgan fingerprint density at radius 1 is 1.23 bits per heavy atom. The lowest BCUT2D eigenvalue weighted by molar-refractivity contribution is 0.0954. The Bertz CT molecular complexity index is 670. The maximum atomic E-state index is 12.1. The molecule has 0 unspecified atom stereocenters. The van der Waals surface area contributed by atoms with E-state index in [-0.39, 0.29) is 5.91 Å². The minimum atomic E-state index is -0.0229. The van der Waals surface area contributed by atoms with Crippen molar-refractivity contribution < 1.29 is 9.53 Å².